The average molecular weight is 381 g/mol. The van der Waals surface area contributed by atoms with E-state index in [1.807, 2.05) is 19.1 Å². The molecule has 0 bridgehead atoms. The van der Waals surface area contributed by atoms with E-state index >= 15 is 0 Å². The summed E-state index contributed by atoms with van der Waals surface area (Å²) in [5.74, 6) is 0.829. The molecule has 1 atom stereocenters. The van der Waals surface area contributed by atoms with Gasteiger partial charge in [0.1, 0.15) is 5.75 Å². The molecule has 0 amide bonds. The number of aliphatic hydroxyl groups excluding tert-OH is 1. The van der Waals surface area contributed by atoms with E-state index in [2.05, 4.69) is 44.1 Å². The first-order valence-corrected chi connectivity index (χ1v) is 7.65. The van der Waals surface area contributed by atoms with E-state index in [1.165, 1.54) is 0 Å². The maximum atomic E-state index is 9.13. The molecule has 102 valence electrons. The number of nitrogens with one attached hydrogen (secondary N) is 1. The Bertz CT molecular complexity index is 358. The summed E-state index contributed by atoms with van der Waals surface area (Å²) >= 11 is 7.02. The fraction of sp³-hybridized carbons (Fsp3) is 0.538. The number of hydrogen-bond acceptors (Lipinski definition) is 3. The van der Waals surface area contributed by atoms with Crippen LogP contribution < -0.4 is 10.1 Å². The topological polar surface area (TPSA) is 41.5 Å². The number of ether oxygens (including phenoxy) is 1. The van der Waals surface area contributed by atoms with Crippen LogP contribution in [0.3, 0.4) is 0 Å². The molecule has 0 aliphatic rings. The smallest absolute Gasteiger partial charge is 0.147 e. The first-order valence-electron chi connectivity index (χ1n) is 6.07. The monoisotopic (exact) mass is 379 g/mol. The normalized spacial score (nSPS) is 12.5. The molecule has 0 fully saturated rings. The summed E-state index contributed by atoms with van der Waals surface area (Å²) in [7, 11) is 0. The van der Waals surface area contributed by atoms with Gasteiger partial charge in [0.05, 0.1) is 22.2 Å². The van der Waals surface area contributed by atoms with Crippen molar-refractivity contribution in [2.24, 2.45) is 0 Å². The lowest BCUT2D eigenvalue weighted by Crippen LogP contribution is -2.31. The van der Waals surface area contributed by atoms with E-state index in [0.29, 0.717) is 6.61 Å². The van der Waals surface area contributed by atoms with Crippen molar-refractivity contribution >= 4 is 31.9 Å². The highest BCUT2D eigenvalue weighted by Crippen LogP contribution is 2.34. The van der Waals surface area contributed by atoms with Gasteiger partial charge in [-0.1, -0.05) is 6.92 Å². The van der Waals surface area contributed by atoms with Crippen molar-refractivity contribution in [3.63, 3.8) is 0 Å². The largest absolute Gasteiger partial charge is 0.492 e. The van der Waals surface area contributed by atoms with Gasteiger partial charge in [0.25, 0.3) is 0 Å². The van der Waals surface area contributed by atoms with Gasteiger partial charge in [-0.3, -0.25) is 0 Å². The Morgan fingerprint density at radius 3 is 2.33 bits per heavy atom. The van der Waals surface area contributed by atoms with Gasteiger partial charge >= 0.3 is 0 Å². The maximum Gasteiger partial charge on any atom is 0.147 e. The number of benzene rings is 1. The fourth-order valence-electron chi connectivity index (χ4n) is 1.60. The minimum Gasteiger partial charge on any atom is -0.492 e. The van der Waals surface area contributed by atoms with Gasteiger partial charge in [-0.2, -0.15) is 0 Å². The number of hydrogen-bond donors (Lipinski definition) is 2. The molecule has 0 heterocycles. The Morgan fingerprint density at radius 1 is 1.28 bits per heavy atom. The molecule has 3 nitrogen and oxygen atoms in total. The zero-order valence-electron chi connectivity index (χ0n) is 10.7. The molecule has 18 heavy (non-hydrogen) atoms. The molecular formula is C13H19Br2NO2. The third kappa shape index (κ3) is 4.53. The van der Waals surface area contributed by atoms with Crippen LogP contribution in [-0.2, 0) is 6.54 Å². The van der Waals surface area contributed by atoms with Crippen LogP contribution in [0.1, 0.15) is 25.8 Å². The molecule has 1 unspecified atom stereocenters. The summed E-state index contributed by atoms with van der Waals surface area (Å²) in [5, 5.41) is 12.4. The van der Waals surface area contributed by atoms with Crippen LogP contribution >= 0.6 is 31.9 Å². The second-order valence-electron chi connectivity index (χ2n) is 3.99. The van der Waals surface area contributed by atoms with Crippen molar-refractivity contribution in [1.29, 1.82) is 0 Å². The summed E-state index contributed by atoms with van der Waals surface area (Å²) in [6.45, 7) is 5.54. The molecule has 0 saturated carbocycles. The van der Waals surface area contributed by atoms with E-state index < -0.39 is 0 Å². The van der Waals surface area contributed by atoms with Crippen LogP contribution in [0.25, 0.3) is 0 Å². The third-order valence-corrected chi connectivity index (χ3v) is 3.83. The molecule has 0 spiro atoms. The maximum absolute atomic E-state index is 9.13. The molecular weight excluding hydrogens is 362 g/mol. The van der Waals surface area contributed by atoms with Crippen molar-refractivity contribution < 1.29 is 9.84 Å². The van der Waals surface area contributed by atoms with Crippen LogP contribution in [0.15, 0.2) is 21.1 Å². The minimum atomic E-state index is 0.147. The zero-order valence-corrected chi connectivity index (χ0v) is 13.8. The minimum absolute atomic E-state index is 0.147. The number of halogens is 2. The first-order chi connectivity index (χ1) is 8.62. The van der Waals surface area contributed by atoms with Crippen molar-refractivity contribution in [3.05, 3.63) is 26.6 Å². The lowest BCUT2D eigenvalue weighted by atomic mass is 10.2. The molecule has 0 aromatic heterocycles. The molecule has 0 aliphatic carbocycles. The fourth-order valence-corrected chi connectivity index (χ4v) is 3.11. The summed E-state index contributed by atoms with van der Waals surface area (Å²) in [5.41, 5.74) is 1.14. The second kappa shape index (κ2) is 8.15. The number of aliphatic hydroxyl groups is 1. The lowest BCUT2D eigenvalue weighted by molar-refractivity contribution is 0.238. The van der Waals surface area contributed by atoms with E-state index in [1.54, 1.807) is 0 Å². The zero-order chi connectivity index (χ0) is 13.5. The average Bonchev–Trinajstić information content (AvgIpc) is 2.35. The van der Waals surface area contributed by atoms with Crippen molar-refractivity contribution in [2.75, 3.05) is 13.2 Å². The molecule has 1 aromatic carbocycles. The Balaban J connectivity index is 2.73. The Kier molecular flexibility index (Phi) is 7.22. The van der Waals surface area contributed by atoms with Crippen molar-refractivity contribution in [1.82, 2.24) is 5.32 Å². The molecule has 0 aliphatic heterocycles. The van der Waals surface area contributed by atoms with Gasteiger partial charge in [-0.05, 0) is 62.9 Å². The molecule has 0 radical (unpaired) electrons. The van der Waals surface area contributed by atoms with E-state index in [9.17, 15) is 0 Å². The highest BCUT2D eigenvalue weighted by Gasteiger charge is 2.09. The van der Waals surface area contributed by atoms with E-state index in [4.69, 9.17) is 9.84 Å². The Morgan fingerprint density at radius 2 is 1.89 bits per heavy atom. The predicted molar refractivity (Wildman–Crippen MR) is 81.0 cm³/mol. The van der Waals surface area contributed by atoms with Crippen LogP contribution in [0.4, 0.5) is 0 Å². The van der Waals surface area contributed by atoms with Crippen molar-refractivity contribution in [2.45, 2.75) is 32.9 Å². The van der Waals surface area contributed by atoms with Crippen LogP contribution in [-0.4, -0.2) is 24.4 Å². The van der Waals surface area contributed by atoms with Gasteiger partial charge in [-0.25, -0.2) is 0 Å². The first kappa shape index (κ1) is 16.0. The van der Waals surface area contributed by atoms with Gasteiger partial charge < -0.3 is 15.2 Å². The molecule has 0 saturated heterocycles. The van der Waals surface area contributed by atoms with Gasteiger partial charge in [0.15, 0.2) is 0 Å². The quantitative estimate of drug-likeness (QED) is 0.760. The highest BCUT2D eigenvalue weighted by atomic mass is 79.9. The summed E-state index contributed by atoms with van der Waals surface area (Å²) in [4.78, 5) is 0. The highest BCUT2D eigenvalue weighted by molar-refractivity contribution is 9.11. The van der Waals surface area contributed by atoms with E-state index in [-0.39, 0.29) is 12.6 Å². The summed E-state index contributed by atoms with van der Waals surface area (Å²) in [6.07, 6.45) is 0.913. The Hall–Kier alpha value is -0.100. The molecule has 2 N–H and O–H groups in total. The summed E-state index contributed by atoms with van der Waals surface area (Å²) < 4.78 is 7.41. The molecule has 5 heteroatoms. The Labute approximate surface area is 125 Å². The van der Waals surface area contributed by atoms with E-state index in [0.717, 1.165) is 33.2 Å². The molecule has 1 aromatic rings. The van der Waals surface area contributed by atoms with Crippen LogP contribution in [0, 0.1) is 0 Å². The van der Waals surface area contributed by atoms with Gasteiger partial charge in [-0.15, -0.1) is 0 Å². The van der Waals surface area contributed by atoms with Crippen LogP contribution in [0.2, 0.25) is 0 Å². The standard InChI is InChI=1S/C13H19Br2NO2/c1-3-10(8-17)16-7-9-5-11(14)13(18-4-2)12(15)6-9/h5-6,10,16-17H,3-4,7-8H2,1-2H3. The SMILES string of the molecule is CCOc1c(Br)cc(CNC(CC)CO)cc1Br. The third-order valence-electron chi connectivity index (χ3n) is 2.65. The summed E-state index contributed by atoms with van der Waals surface area (Å²) in [6, 6.07) is 4.22. The van der Waals surface area contributed by atoms with Gasteiger partial charge in [0, 0.05) is 12.6 Å². The predicted octanol–water partition coefficient (Wildman–Crippen LogP) is 3.47. The van der Waals surface area contributed by atoms with Gasteiger partial charge in [0.2, 0.25) is 0 Å². The lowest BCUT2D eigenvalue weighted by Gasteiger charge is -2.15. The number of rotatable bonds is 7. The second-order valence-corrected chi connectivity index (χ2v) is 5.70. The molecule has 1 rings (SSSR count). The van der Waals surface area contributed by atoms with Crippen LogP contribution in [0.5, 0.6) is 5.75 Å². The van der Waals surface area contributed by atoms with Crippen molar-refractivity contribution in [3.8, 4) is 5.75 Å².